The number of likely N-dealkylation sites (N-methyl/N-ethyl adjacent to an activating group) is 1. The highest BCUT2D eigenvalue weighted by Crippen LogP contribution is 2.12. The van der Waals surface area contributed by atoms with E-state index in [-0.39, 0.29) is 36.8 Å². The monoisotopic (exact) mass is 332 g/mol. The largest absolute Gasteiger partial charge is 0.342 e. The summed E-state index contributed by atoms with van der Waals surface area (Å²) in [4.78, 5) is 18.0. The second-order valence-electron chi connectivity index (χ2n) is 4.77. The fraction of sp³-hybridized carbons (Fsp3) is 0.429. The molecule has 0 aliphatic carbocycles. The number of halogens is 2. The van der Waals surface area contributed by atoms with Gasteiger partial charge in [-0.15, -0.1) is 24.8 Å². The van der Waals surface area contributed by atoms with Crippen LogP contribution in [0.3, 0.4) is 0 Å². The molecule has 1 heterocycles. The average Bonchev–Trinajstić information content (AvgIpc) is 2.86. The van der Waals surface area contributed by atoms with Crippen LogP contribution in [0.4, 0.5) is 0 Å². The van der Waals surface area contributed by atoms with Crippen LogP contribution in [0.1, 0.15) is 13.3 Å². The number of fused-ring (bicyclic) bond motifs is 1. The lowest BCUT2D eigenvalue weighted by molar-refractivity contribution is -0.131. The number of amides is 1. The number of nitrogens with two attached hydrogens (primary N) is 1. The first-order valence-corrected chi connectivity index (χ1v) is 6.49. The molecule has 1 aromatic heterocycles. The molecular weight excluding hydrogens is 311 g/mol. The maximum Gasteiger partial charge on any atom is 0.224 e. The maximum absolute atomic E-state index is 12.0. The third-order valence-corrected chi connectivity index (χ3v) is 3.49. The molecular formula is C14H22Cl2N4O. The summed E-state index contributed by atoms with van der Waals surface area (Å²) >= 11 is 0. The average molecular weight is 333 g/mol. The molecule has 2 N–H and O–H groups in total. The molecule has 0 bridgehead atoms. The molecule has 118 valence electrons. The summed E-state index contributed by atoms with van der Waals surface area (Å²) in [6, 6.07) is 7.99. The van der Waals surface area contributed by atoms with Gasteiger partial charge in [-0.25, -0.2) is 4.98 Å². The number of para-hydroxylation sites is 2. The number of carbonyl (C=O) groups is 1. The van der Waals surface area contributed by atoms with Gasteiger partial charge in [-0.1, -0.05) is 12.1 Å². The summed E-state index contributed by atoms with van der Waals surface area (Å²) in [5.74, 6) is 0.107. The Bertz CT molecular complexity index is 573. The van der Waals surface area contributed by atoms with Crippen LogP contribution in [0.2, 0.25) is 0 Å². The second kappa shape index (κ2) is 8.87. The van der Waals surface area contributed by atoms with Crippen molar-refractivity contribution in [2.24, 2.45) is 5.73 Å². The SMILES string of the molecule is CC(CN)N(C)C(=O)CCn1cnc2ccccc21.Cl.Cl. The van der Waals surface area contributed by atoms with E-state index in [4.69, 9.17) is 5.73 Å². The quantitative estimate of drug-likeness (QED) is 0.911. The van der Waals surface area contributed by atoms with Crippen LogP contribution in [-0.4, -0.2) is 40.0 Å². The van der Waals surface area contributed by atoms with E-state index in [0.717, 1.165) is 11.0 Å². The standard InChI is InChI=1S/C14H20N4O.2ClH/c1-11(9-15)17(2)14(19)7-8-18-10-16-12-5-3-4-6-13(12)18;;/h3-6,10-11H,7-9,15H2,1-2H3;2*1H. The Labute approximate surface area is 137 Å². The molecule has 0 radical (unpaired) electrons. The lowest BCUT2D eigenvalue weighted by atomic mass is 10.2. The number of rotatable bonds is 5. The van der Waals surface area contributed by atoms with Gasteiger partial charge in [-0.05, 0) is 19.1 Å². The van der Waals surface area contributed by atoms with Crippen molar-refractivity contribution >= 4 is 41.8 Å². The molecule has 7 heteroatoms. The smallest absolute Gasteiger partial charge is 0.224 e. The topological polar surface area (TPSA) is 64.2 Å². The first-order chi connectivity index (χ1) is 9.13. The van der Waals surface area contributed by atoms with Crippen molar-refractivity contribution in [3.63, 3.8) is 0 Å². The number of nitrogens with zero attached hydrogens (tertiary/aromatic N) is 3. The van der Waals surface area contributed by atoms with Gasteiger partial charge in [0.2, 0.25) is 5.91 Å². The van der Waals surface area contributed by atoms with Gasteiger partial charge in [0.05, 0.1) is 17.4 Å². The number of imidazole rings is 1. The highest BCUT2D eigenvalue weighted by Gasteiger charge is 2.14. The van der Waals surface area contributed by atoms with Crippen molar-refractivity contribution in [3.8, 4) is 0 Å². The van der Waals surface area contributed by atoms with Crippen LogP contribution >= 0.6 is 24.8 Å². The predicted octanol–water partition coefficient (Wildman–Crippen LogP) is 2.08. The van der Waals surface area contributed by atoms with E-state index < -0.39 is 0 Å². The Morgan fingerprint density at radius 3 is 2.71 bits per heavy atom. The van der Waals surface area contributed by atoms with Gasteiger partial charge in [0, 0.05) is 32.6 Å². The number of aromatic nitrogens is 2. The fourth-order valence-electron chi connectivity index (χ4n) is 1.98. The van der Waals surface area contributed by atoms with E-state index >= 15 is 0 Å². The van der Waals surface area contributed by atoms with Crippen LogP contribution in [-0.2, 0) is 11.3 Å². The lowest BCUT2D eigenvalue weighted by Gasteiger charge is -2.23. The number of aryl methyl sites for hydroxylation is 1. The zero-order chi connectivity index (χ0) is 13.8. The summed E-state index contributed by atoms with van der Waals surface area (Å²) in [5.41, 5.74) is 7.58. The number of carbonyl (C=O) groups excluding carboxylic acids is 1. The molecule has 0 fully saturated rings. The van der Waals surface area contributed by atoms with Gasteiger partial charge in [-0.2, -0.15) is 0 Å². The molecule has 1 amide bonds. The fourth-order valence-corrected chi connectivity index (χ4v) is 1.98. The Morgan fingerprint density at radius 1 is 1.38 bits per heavy atom. The van der Waals surface area contributed by atoms with E-state index in [2.05, 4.69) is 4.98 Å². The van der Waals surface area contributed by atoms with Crippen molar-refractivity contribution in [1.29, 1.82) is 0 Å². The van der Waals surface area contributed by atoms with Crippen molar-refractivity contribution in [2.75, 3.05) is 13.6 Å². The van der Waals surface area contributed by atoms with Crippen molar-refractivity contribution in [3.05, 3.63) is 30.6 Å². The summed E-state index contributed by atoms with van der Waals surface area (Å²) in [6.07, 6.45) is 2.24. The lowest BCUT2D eigenvalue weighted by Crippen LogP contribution is -2.39. The van der Waals surface area contributed by atoms with Crippen molar-refractivity contribution in [1.82, 2.24) is 14.5 Å². The van der Waals surface area contributed by atoms with E-state index in [9.17, 15) is 4.79 Å². The van der Waals surface area contributed by atoms with Crippen LogP contribution in [0, 0.1) is 0 Å². The first kappa shape index (κ1) is 19.7. The van der Waals surface area contributed by atoms with Crippen molar-refractivity contribution in [2.45, 2.75) is 25.9 Å². The molecule has 5 nitrogen and oxygen atoms in total. The Kier molecular flexibility index (Phi) is 8.32. The molecule has 21 heavy (non-hydrogen) atoms. The Balaban J connectivity index is 0.00000200. The predicted molar refractivity (Wildman–Crippen MR) is 90.1 cm³/mol. The Hall–Kier alpha value is -1.30. The normalized spacial score (nSPS) is 11.4. The van der Waals surface area contributed by atoms with Gasteiger partial charge >= 0.3 is 0 Å². The minimum atomic E-state index is 0. The number of hydrogen-bond acceptors (Lipinski definition) is 3. The van der Waals surface area contributed by atoms with E-state index in [1.165, 1.54) is 0 Å². The highest BCUT2D eigenvalue weighted by molar-refractivity contribution is 5.85. The van der Waals surface area contributed by atoms with Crippen LogP contribution in [0.25, 0.3) is 11.0 Å². The summed E-state index contributed by atoms with van der Waals surface area (Å²) in [7, 11) is 1.80. The van der Waals surface area contributed by atoms with Gasteiger partial charge in [0.15, 0.2) is 0 Å². The number of hydrogen-bond donors (Lipinski definition) is 1. The minimum Gasteiger partial charge on any atom is -0.342 e. The summed E-state index contributed by atoms with van der Waals surface area (Å²) < 4.78 is 2.01. The maximum atomic E-state index is 12.0. The third kappa shape index (κ3) is 4.59. The summed E-state index contributed by atoms with van der Waals surface area (Å²) in [6.45, 7) is 3.07. The zero-order valence-corrected chi connectivity index (χ0v) is 13.9. The van der Waals surface area contributed by atoms with Gasteiger partial charge in [0.1, 0.15) is 0 Å². The molecule has 1 atom stereocenters. The van der Waals surface area contributed by atoms with E-state index in [1.54, 1.807) is 18.3 Å². The minimum absolute atomic E-state index is 0. The molecule has 0 saturated heterocycles. The third-order valence-electron chi connectivity index (χ3n) is 3.49. The van der Waals surface area contributed by atoms with Gasteiger partial charge in [0.25, 0.3) is 0 Å². The van der Waals surface area contributed by atoms with Crippen LogP contribution in [0.5, 0.6) is 0 Å². The first-order valence-electron chi connectivity index (χ1n) is 6.49. The summed E-state index contributed by atoms with van der Waals surface area (Å²) in [5, 5.41) is 0. The van der Waals surface area contributed by atoms with E-state index in [0.29, 0.717) is 19.5 Å². The molecule has 1 unspecified atom stereocenters. The van der Waals surface area contributed by atoms with Gasteiger partial charge in [-0.3, -0.25) is 4.79 Å². The molecule has 0 aliphatic heterocycles. The second-order valence-corrected chi connectivity index (χ2v) is 4.77. The molecule has 2 rings (SSSR count). The van der Waals surface area contributed by atoms with Crippen LogP contribution < -0.4 is 5.73 Å². The van der Waals surface area contributed by atoms with E-state index in [1.807, 2.05) is 35.8 Å². The zero-order valence-electron chi connectivity index (χ0n) is 12.2. The molecule has 0 saturated carbocycles. The van der Waals surface area contributed by atoms with Crippen LogP contribution in [0.15, 0.2) is 30.6 Å². The Morgan fingerprint density at radius 2 is 2.05 bits per heavy atom. The van der Waals surface area contributed by atoms with Crippen molar-refractivity contribution < 1.29 is 4.79 Å². The highest BCUT2D eigenvalue weighted by atomic mass is 35.5. The van der Waals surface area contributed by atoms with Gasteiger partial charge < -0.3 is 15.2 Å². The molecule has 2 aromatic rings. The molecule has 1 aromatic carbocycles. The number of benzene rings is 1. The molecule has 0 spiro atoms. The molecule has 0 aliphatic rings.